The molecule has 0 amide bonds. The third-order valence-corrected chi connectivity index (χ3v) is 4.68. The Bertz CT molecular complexity index is 676. The minimum absolute atomic E-state index is 0.238. The van der Waals surface area contributed by atoms with Crippen molar-refractivity contribution in [2.75, 3.05) is 13.2 Å². The zero-order valence-electron chi connectivity index (χ0n) is 14.0. The van der Waals surface area contributed by atoms with Crippen LogP contribution in [0.15, 0.2) is 47.4 Å². The molecule has 2 N–H and O–H groups in total. The Kier molecular flexibility index (Phi) is 8.84. The molecule has 0 aliphatic heterocycles. The highest BCUT2D eigenvalue weighted by atomic mass is 32.2. The molecule has 23 heavy (non-hydrogen) atoms. The zero-order valence-corrected chi connectivity index (χ0v) is 14.8. The highest BCUT2D eigenvalue weighted by molar-refractivity contribution is 7.87. The van der Waals surface area contributed by atoms with E-state index >= 15 is 0 Å². The van der Waals surface area contributed by atoms with Gasteiger partial charge in [0.25, 0.3) is 10.1 Å². The largest absolute Gasteiger partial charge is 0.330 e. The number of fused-ring (bicyclic) bond motifs is 1. The summed E-state index contributed by atoms with van der Waals surface area (Å²) in [7, 11) is -3.66. The van der Waals surface area contributed by atoms with Gasteiger partial charge < -0.3 is 5.73 Å². The van der Waals surface area contributed by atoms with Crippen LogP contribution in [0.1, 0.15) is 39.5 Å². The molecule has 0 aliphatic carbocycles. The van der Waals surface area contributed by atoms with Crippen LogP contribution in [0.25, 0.3) is 10.8 Å². The van der Waals surface area contributed by atoms with Gasteiger partial charge in [-0.15, -0.1) is 0 Å². The monoisotopic (exact) mass is 337 g/mol. The van der Waals surface area contributed by atoms with E-state index in [0.29, 0.717) is 5.39 Å². The molecule has 0 spiro atoms. The van der Waals surface area contributed by atoms with Crippen LogP contribution in [0.4, 0.5) is 0 Å². The molecule has 0 saturated heterocycles. The zero-order chi connectivity index (χ0) is 17.1. The van der Waals surface area contributed by atoms with Crippen LogP contribution in [-0.4, -0.2) is 21.6 Å². The lowest BCUT2D eigenvalue weighted by atomic mass is 10.1. The topological polar surface area (TPSA) is 69.4 Å². The second kappa shape index (κ2) is 10.4. The molecule has 128 valence electrons. The minimum atomic E-state index is -3.66. The standard InChI is InChI=1S/C14H16O3S.C4H11N/c1-2-3-11-17-18(15,16)14-10-6-8-12-7-4-5-9-13(12)14;1-2-3-4-5/h4-10H,2-3,11H2,1H3;2-5H2,1H3. The predicted molar refractivity (Wildman–Crippen MR) is 96.0 cm³/mol. The van der Waals surface area contributed by atoms with Crippen molar-refractivity contribution in [3.63, 3.8) is 0 Å². The molecule has 0 atom stereocenters. The molecule has 2 rings (SSSR count). The van der Waals surface area contributed by atoms with E-state index < -0.39 is 10.1 Å². The first-order valence-electron chi connectivity index (χ1n) is 8.14. The summed E-state index contributed by atoms with van der Waals surface area (Å²) in [6.07, 6.45) is 4.03. The SMILES string of the molecule is CCCCN.CCCCOS(=O)(=O)c1cccc2ccccc12. The van der Waals surface area contributed by atoms with Gasteiger partial charge in [0.2, 0.25) is 0 Å². The third kappa shape index (κ3) is 6.29. The molecular weight excluding hydrogens is 310 g/mol. The van der Waals surface area contributed by atoms with E-state index in [9.17, 15) is 8.42 Å². The molecule has 5 heteroatoms. The van der Waals surface area contributed by atoms with Crippen molar-refractivity contribution in [2.45, 2.75) is 44.4 Å². The van der Waals surface area contributed by atoms with E-state index in [4.69, 9.17) is 9.92 Å². The fourth-order valence-corrected chi connectivity index (χ4v) is 3.16. The average Bonchev–Trinajstić information content (AvgIpc) is 2.56. The first kappa shape index (κ1) is 19.6. The van der Waals surface area contributed by atoms with Crippen LogP contribution in [0.2, 0.25) is 0 Å². The molecular formula is C18H27NO3S. The molecule has 0 heterocycles. The Labute approximate surface area is 139 Å². The van der Waals surface area contributed by atoms with Crippen molar-refractivity contribution in [3.05, 3.63) is 42.5 Å². The maximum absolute atomic E-state index is 12.1. The van der Waals surface area contributed by atoms with Crippen molar-refractivity contribution in [2.24, 2.45) is 5.73 Å². The van der Waals surface area contributed by atoms with Crippen LogP contribution in [-0.2, 0) is 14.3 Å². The third-order valence-electron chi connectivity index (χ3n) is 3.31. The van der Waals surface area contributed by atoms with Gasteiger partial charge in [0.15, 0.2) is 0 Å². The summed E-state index contributed by atoms with van der Waals surface area (Å²) in [5.41, 5.74) is 5.14. The Morgan fingerprint density at radius 3 is 2.22 bits per heavy atom. The summed E-state index contributed by atoms with van der Waals surface area (Å²) < 4.78 is 29.2. The van der Waals surface area contributed by atoms with Crippen LogP contribution >= 0.6 is 0 Å². The van der Waals surface area contributed by atoms with Gasteiger partial charge >= 0.3 is 0 Å². The highest BCUT2D eigenvalue weighted by Gasteiger charge is 2.17. The number of rotatable bonds is 7. The van der Waals surface area contributed by atoms with Gasteiger partial charge in [-0.1, -0.05) is 63.1 Å². The van der Waals surface area contributed by atoms with Crippen LogP contribution in [0.3, 0.4) is 0 Å². The van der Waals surface area contributed by atoms with Gasteiger partial charge in [-0.2, -0.15) is 8.42 Å². The van der Waals surface area contributed by atoms with E-state index in [1.807, 2.05) is 31.2 Å². The predicted octanol–water partition coefficient (Wildman–Crippen LogP) is 4.09. The van der Waals surface area contributed by atoms with E-state index in [1.54, 1.807) is 18.2 Å². The number of benzene rings is 2. The summed E-state index contributed by atoms with van der Waals surface area (Å²) in [4.78, 5) is 0.247. The first-order valence-corrected chi connectivity index (χ1v) is 9.54. The Morgan fingerprint density at radius 1 is 0.957 bits per heavy atom. The second-order valence-electron chi connectivity index (χ2n) is 5.25. The average molecular weight is 337 g/mol. The van der Waals surface area contributed by atoms with Gasteiger partial charge in [0.1, 0.15) is 4.90 Å². The van der Waals surface area contributed by atoms with Gasteiger partial charge in [-0.05, 0) is 30.8 Å². The first-order chi connectivity index (χ1) is 11.1. The quantitative estimate of drug-likeness (QED) is 0.610. The fraction of sp³-hybridized carbons (Fsp3) is 0.444. The Hall–Kier alpha value is -1.43. The number of nitrogens with two attached hydrogens (primary N) is 1. The van der Waals surface area contributed by atoms with Crippen LogP contribution < -0.4 is 5.73 Å². The Morgan fingerprint density at radius 2 is 1.61 bits per heavy atom. The van der Waals surface area contributed by atoms with E-state index in [1.165, 1.54) is 12.8 Å². The van der Waals surface area contributed by atoms with Gasteiger partial charge in [0, 0.05) is 5.39 Å². The number of hydrogen-bond acceptors (Lipinski definition) is 4. The minimum Gasteiger partial charge on any atom is -0.330 e. The van der Waals surface area contributed by atoms with E-state index in [2.05, 4.69) is 6.92 Å². The van der Waals surface area contributed by atoms with Gasteiger partial charge in [-0.3, -0.25) is 4.18 Å². The Balaban J connectivity index is 0.000000463. The molecule has 4 nitrogen and oxygen atoms in total. The smallest absolute Gasteiger partial charge is 0.297 e. The number of unbranched alkanes of at least 4 members (excludes halogenated alkanes) is 2. The lowest BCUT2D eigenvalue weighted by Gasteiger charge is -2.08. The summed E-state index contributed by atoms with van der Waals surface area (Å²) in [5, 5.41) is 1.61. The lowest BCUT2D eigenvalue weighted by Crippen LogP contribution is -2.08. The van der Waals surface area contributed by atoms with Gasteiger partial charge in [-0.25, -0.2) is 0 Å². The van der Waals surface area contributed by atoms with Crippen molar-refractivity contribution in [3.8, 4) is 0 Å². The normalized spacial score (nSPS) is 11.1. The summed E-state index contributed by atoms with van der Waals surface area (Å²) in [6, 6.07) is 12.6. The summed E-state index contributed by atoms with van der Waals surface area (Å²) in [6.45, 7) is 5.21. The maximum atomic E-state index is 12.1. The number of hydrogen-bond donors (Lipinski definition) is 1. The summed E-state index contributed by atoms with van der Waals surface area (Å²) >= 11 is 0. The van der Waals surface area contributed by atoms with Crippen molar-refractivity contribution < 1.29 is 12.6 Å². The lowest BCUT2D eigenvalue weighted by molar-refractivity contribution is 0.311. The van der Waals surface area contributed by atoms with Gasteiger partial charge in [0.05, 0.1) is 6.61 Å². The molecule has 0 bridgehead atoms. The molecule has 0 unspecified atom stereocenters. The van der Waals surface area contributed by atoms with Crippen molar-refractivity contribution >= 4 is 20.9 Å². The fourth-order valence-electron chi connectivity index (χ4n) is 1.99. The molecule has 0 radical (unpaired) electrons. The van der Waals surface area contributed by atoms with Crippen LogP contribution in [0, 0.1) is 0 Å². The molecule has 0 aliphatic rings. The molecule has 2 aromatic carbocycles. The van der Waals surface area contributed by atoms with E-state index in [-0.39, 0.29) is 11.5 Å². The van der Waals surface area contributed by atoms with E-state index in [0.717, 1.165) is 24.8 Å². The van der Waals surface area contributed by atoms with Crippen molar-refractivity contribution in [1.29, 1.82) is 0 Å². The van der Waals surface area contributed by atoms with Crippen LogP contribution in [0.5, 0.6) is 0 Å². The maximum Gasteiger partial charge on any atom is 0.297 e. The molecule has 0 aromatic heterocycles. The molecule has 2 aromatic rings. The highest BCUT2D eigenvalue weighted by Crippen LogP contribution is 2.24. The van der Waals surface area contributed by atoms with Crippen molar-refractivity contribution in [1.82, 2.24) is 0 Å². The summed E-state index contributed by atoms with van der Waals surface area (Å²) in [5.74, 6) is 0. The molecule has 0 fully saturated rings. The second-order valence-corrected chi connectivity index (χ2v) is 6.83. The molecule has 0 saturated carbocycles.